The number of rotatable bonds is 9. The fourth-order valence-electron chi connectivity index (χ4n) is 3.84. The zero-order valence-electron chi connectivity index (χ0n) is 17.9. The van der Waals surface area contributed by atoms with E-state index in [0.717, 1.165) is 42.2 Å². The zero-order valence-corrected chi connectivity index (χ0v) is 21.8. The molecule has 0 amide bonds. The van der Waals surface area contributed by atoms with Crippen molar-refractivity contribution in [2.75, 3.05) is 23.5 Å². The van der Waals surface area contributed by atoms with Crippen LogP contribution in [0.25, 0.3) is 5.69 Å². The van der Waals surface area contributed by atoms with Gasteiger partial charge >= 0.3 is 51.4 Å². The van der Waals surface area contributed by atoms with Gasteiger partial charge in [0.1, 0.15) is 5.75 Å². The maximum absolute atomic E-state index is 10.8. The number of nitrogens with zero attached hydrogens (tertiary/aromatic N) is 4. The Bertz CT molecular complexity index is 1100. The number of nitrogens with one attached hydrogen (secondary N) is 2. The predicted molar refractivity (Wildman–Crippen MR) is 117 cm³/mol. The van der Waals surface area contributed by atoms with Crippen molar-refractivity contribution in [1.29, 1.82) is 0 Å². The molecule has 1 aliphatic heterocycles. The average Bonchev–Trinajstić information content (AvgIpc) is 3.41. The van der Waals surface area contributed by atoms with Gasteiger partial charge in [0.25, 0.3) is 0 Å². The summed E-state index contributed by atoms with van der Waals surface area (Å²) in [7, 11) is 0. The summed E-state index contributed by atoms with van der Waals surface area (Å²) in [5.74, 6) is -0.253. The number of aromatic amines is 1. The monoisotopic (exact) mass is 478 g/mol. The summed E-state index contributed by atoms with van der Waals surface area (Å²) in [5.41, 5.74) is 2.73. The number of ether oxygens (including phenoxy) is 1. The predicted octanol–water partition coefficient (Wildman–Crippen LogP) is -0.724. The van der Waals surface area contributed by atoms with Crippen LogP contribution in [0.3, 0.4) is 0 Å². The first-order valence-electron chi connectivity index (χ1n) is 10.1. The molecule has 0 saturated carbocycles. The van der Waals surface area contributed by atoms with Crippen molar-refractivity contribution in [1.82, 2.24) is 20.2 Å². The van der Waals surface area contributed by atoms with Gasteiger partial charge in [-0.05, 0) is 68.2 Å². The Hall–Kier alpha value is -1.76. The van der Waals surface area contributed by atoms with E-state index in [-0.39, 0.29) is 70.6 Å². The molecule has 4 rings (SSSR count). The molecule has 0 bridgehead atoms. The van der Waals surface area contributed by atoms with E-state index in [2.05, 4.69) is 25.7 Å². The van der Waals surface area contributed by atoms with Gasteiger partial charge in [0.2, 0.25) is 4.77 Å². The van der Waals surface area contributed by atoms with Crippen LogP contribution in [0.2, 0.25) is 0 Å². The molecule has 11 heteroatoms. The molecular weight excluding hydrogens is 455 g/mol. The van der Waals surface area contributed by atoms with Crippen molar-refractivity contribution >= 4 is 29.6 Å². The van der Waals surface area contributed by atoms with Crippen LogP contribution in [0.5, 0.6) is 5.75 Å². The summed E-state index contributed by atoms with van der Waals surface area (Å²) in [6.45, 7) is 1.20. The molecule has 9 nitrogen and oxygen atoms in total. The second-order valence-electron chi connectivity index (χ2n) is 7.33. The van der Waals surface area contributed by atoms with Gasteiger partial charge in [0.15, 0.2) is 6.73 Å². The number of anilines is 2. The van der Waals surface area contributed by atoms with Gasteiger partial charge in [-0.1, -0.05) is 22.4 Å². The minimum atomic E-state index is -0.995. The fourth-order valence-corrected chi connectivity index (χ4v) is 4.02. The van der Waals surface area contributed by atoms with Crippen LogP contribution >= 0.6 is 12.2 Å². The Labute approximate surface area is 233 Å². The molecule has 3 aromatic rings. The topological polar surface area (TPSA) is 111 Å². The number of aromatic nitrogens is 4. The SMILES string of the molecule is O=C([O-])CCC1CCCN1c1cccc(OCNc2cccc(-n3[nH]nnc3=S)c2)c1.[K+]. The number of carbonyl (C=O) groups excluding carboxylic acids is 1. The Morgan fingerprint density at radius 1 is 1.25 bits per heavy atom. The Morgan fingerprint density at radius 2 is 2.06 bits per heavy atom. The first-order valence-corrected chi connectivity index (χ1v) is 10.5. The van der Waals surface area contributed by atoms with Gasteiger partial charge in [-0.2, -0.15) is 5.21 Å². The smallest absolute Gasteiger partial charge is 0.550 e. The molecule has 1 atom stereocenters. The van der Waals surface area contributed by atoms with Crippen LogP contribution in [-0.2, 0) is 4.79 Å². The first kappa shape index (κ1) is 24.9. The minimum Gasteiger partial charge on any atom is -0.550 e. The van der Waals surface area contributed by atoms with Gasteiger partial charge in [-0.25, -0.2) is 4.68 Å². The maximum Gasteiger partial charge on any atom is 1.00 e. The summed E-state index contributed by atoms with van der Waals surface area (Å²) >= 11 is 5.13. The van der Waals surface area contributed by atoms with E-state index in [1.54, 1.807) is 4.68 Å². The minimum absolute atomic E-state index is 0. The van der Waals surface area contributed by atoms with Crippen LogP contribution in [-0.4, -0.2) is 45.5 Å². The molecule has 1 aliphatic rings. The third-order valence-corrected chi connectivity index (χ3v) is 5.56. The molecule has 1 aromatic heterocycles. The molecule has 1 saturated heterocycles. The van der Waals surface area contributed by atoms with Crippen molar-refractivity contribution in [2.24, 2.45) is 0 Å². The van der Waals surface area contributed by atoms with Crippen LogP contribution in [0.4, 0.5) is 11.4 Å². The molecule has 0 spiro atoms. The van der Waals surface area contributed by atoms with Gasteiger partial charge in [0, 0.05) is 36.0 Å². The van der Waals surface area contributed by atoms with Gasteiger partial charge in [-0.3, -0.25) is 0 Å². The van der Waals surface area contributed by atoms with Crippen LogP contribution in [0.1, 0.15) is 25.7 Å². The number of hydrogen-bond donors (Lipinski definition) is 2. The number of H-pyrrole nitrogens is 1. The second-order valence-corrected chi connectivity index (χ2v) is 7.70. The third-order valence-electron chi connectivity index (χ3n) is 5.30. The largest absolute Gasteiger partial charge is 1.00 e. The van der Waals surface area contributed by atoms with Gasteiger partial charge in [0.05, 0.1) is 5.69 Å². The van der Waals surface area contributed by atoms with Crippen molar-refractivity contribution in [3.05, 3.63) is 53.3 Å². The molecule has 162 valence electrons. The molecule has 2 heterocycles. The van der Waals surface area contributed by atoms with Gasteiger partial charge in [-0.15, -0.1) is 0 Å². The van der Waals surface area contributed by atoms with E-state index in [4.69, 9.17) is 17.0 Å². The standard InChI is InChI=1S/C21H24N6O3S.K/c28-20(29)10-9-16-7-3-11-26(16)17-5-2-8-19(13-17)30-14-22-15-4-1-6-18(12-15)27-21(31)23-24-25-27;/h1-2,4-6,8,12-13,16,22H,3,7,9-11,14H2,(H,28,29)(H,23,25,31);/q;+1/p-1. The average molecular weight is 479 g/mol. The fraction of sp³-hybridized carbons (Fsp3) is 0.333. The molecule has 2 N–H and O–H groups in total. The second kappa shape index (κ2) is 11.9. The summed E-state index contributed by atoms with van der Waals surface area (Å²) in [4.78, 5) is 13.1. The number of carboxylic acid groups (broad SMARTS) is 1. The van der Waals surface area contributed by atoms with E-state index < -0.39 is 5.97 Å². The molecule has 0 aliphatic carbocycles. The van der Waals surface area contributed by atoms with Crippen LogP contribution in [0, 0.1) is 4.77 Å². The first-order chi connectivity index (χ1) is 15.1. The van der Waals surface area contributed by atoms with E-state index in [0.29, 0.717) is 11.2 Å². The number of carboxylic acids is 1. The number of aliphatic carboxylic acids is 1. The maximum atomic E-state index is 10.8. The van der Waals surface area contributed by atoms with Crippen molar-refractivity contribution in [3.8, 4) is 11.4 Å². The van der Waals surface area contributed by atoms with Crippen LogP contribution in [0.15, 0.2) is 48.5 Å². The van der Waals surface area contributed by atoms with Gasteiger partial charge < -0.3 is 24.9 Å². The van der Waals surface area contributed by atoms with E-state index >= 15 is 0 Å². The number of tetrazole rings is 1. The van der Waals surface area contributed by atoms with Crippen molar-refractivity contribution in [2.45, 2.75) is 31.7 Å². The molecule has 2 aromatic carbocycles. The zero-order chi connectivity index (χ0) is 21.6. The quantitative estimate of drug-likeness (QED) is 0.235. The third kappa shape index (κ3) is 6.39. The summed E-state index contributed by atoms with van der Waals surface area (Å²) in [5, 5.41) is 24.3. The Balaban J connectivity index is 0.00000289. The number of benzene rings is 2. The van der Waals surface area contributed by atoms with Crippen LogP contribution < -0.4 is 71.4 Å². The van der Waals surface area contributed by atoms with Crippen molar-refractivity contribution in [3.63, 3.8) is 0 Å². The summed E-state index contributed by atoms with van der Waals surface area (Å²) in [6.07, 6.45) is 2.73. The summed E-state index contributed by atoms with van der Waals surface area (Å²) < 4.78 is 7.86. The number of hydrogen-bond acceptors (Lipinski definition) is 8. The Kier molecular flexibility index (Phi) is 9.26. The molecule has 1 unspecified atom stereocenters. The summed E-state index contributed by atoms with van der Waals surface area (Å²) in [6, 6.07) is 15.8. The Morgan fingerprint density at radius 3 is 2.84 bits per heavy atom. The van der Waals surface area contributed by atoms with E-state index in [9.17, 15) is 9.90 Å². The molecular formula is C21H23KN6O3S. The normalized spacial score (nSPS) is 15.2. The number of carbonyl (C=O) groups is 1. The molecule has 32 heavy (non-hydrogen) atoms. The van der Waals surface area contributed by atoms with Crippen molar-refractivity contribution < 1.29 is 66.0 Å². The van der Waals surface area contributed by atoms with E-state index in [1.165, 1.54) is 0 Å². The molecule has 1 fully saturated rings. The van der Waals surface area contributed by atoms with E-state index in [1.807, 2.05) is 48.5 Å². The molecule has 0 radical (unpaired) electrons.